The number of benzene rings is 4. The monoisotopic (exact) mass is 1590 g/mol. The fraction of sp³-hybridized carbons (Fsp3) is 0.407. The van der Waals surface area contributed by atoms with Crippen molar-refractivity contribution in [2.45, 2.75) is 150 Å². The minimum absolute atomic E-state index is 0.0485. The first-order valence-electron chi connectivity index (χ1n) is 37.1. The van der Waals surface area contributed by atoms with Crippen LogP contribution in [0.2, 0.25) is 0 Å². The van der Waals surface area contributed by atoms with Crippen LogP contribution in [0.15, 0.2) is 140 Å². The van der Waals surface area contributed by atoms with E-state index in [1.807, 2.05) is 77.9 Å². The van der Waals surface area contributed by atoms with Gasteiger partial charge in [-0.1, -0.05) is 65.0 Å². The summed E-state index contributed by atoms with van der Waals surface area (Å²) in [5, 5.41) is 33.9. The summed E-state index contributed by atoms with van der Waals surface area (Å²) < 4.78 is 132. The Bertz CT molecular complexity index is 5160. The third kappa shape index (κ3) is 19.8. The zero-order valence-electron chi connectivity index (χ0n) is 64.6. The lowest BCUT2D eigenvalue weighted by Crippen LogP contribution is -2.57. The van der Waals surface area contributed by atoms with Gasteiger partial charge in [0.25, 0.3) is 29.5 Å². The summed E-state index contributed by atoms with van der Waals surface area (Å²) in [6.07, 6.45) is -7.43. The summed E-state index contributed by atoms with van der Waals surface area (Å²) in [6.45, 7) is 23.0. The predicted octanol–water partition coefficient (Wildman–Crippen LogP) is 13.0. The van der Waals surface area contributed by atoms with Crippen LogP contribution in [-0.2, 0) is 33.1 Å². The van der Waals surface area contributed by atoms with Crippen LogP contribution in [0.1, 0.15) is 149 Å². The first kappa shape index (κ1) is 83.6. The standard InChI is InChI=1S/C28H25F4N5O3.C28H36FN5O3.C25H27F4N5O3/c1-17-15-35(11-12-36(17)27(40)24(38)13-18-5-3-2-4-6-18)26(39)23-16-37-25(33-23)21(28(30,31)32)14-22(34-37)19-7-9-20(29)10-8-19;1-17(2)21-13-22(19-7-9-20(29)10-8-19)31-34-16-23(30-25(21)34)26(36)32-11-12-33(18(3)15-32)27(37)24(35)14-28(4,5)6;1-15-13-32(10-5-11-33(15)23(36)37-24(2,3)4)22(35)20-14-34-21(30-20)18(25(27,28)29)12-19(31-34)16-6-8-17(26)9-7-16/h2-10,14,16-17,24,38H,11-13,15H2,1H3;7-10,13,16-18,24,35H,11-12,14-15H2,1-6H3;6-9,12,14-15H,5,10-11,13H2,1-4H3/t17-,24?;18-,24?;/m00./s1. The summed E-state index contributed by atoms with van der Waals surface area (Å²) >= 11 is 0. The lowest BCUT2D eigenvalue weighted by Gasteiger charge is -2.40. The van der Waals surface area contributed by atoms with Crippen molar-refractivity contribution in [3.05, 3.63) is 197 Å². The largest absolute Gasteiger partial charge is 0.444 e. The number of aromatic nitrogens is 9. The number of carbonyl (C=O) groups is 6. The van der Waals surface area contributed by atoms with E-state index in [1.54, 1.807) is 72.2 Å². The summed E-state index contributed by atoms with van der Waals surface area (Å²) in [7, 11) is 0. The minimum atomic E-state index is -4.79. The molecule has 0 radical (unpaired) electrons. The Morgan fingerprint density at radius 1 is 0.474 bits per heavy atom. The Labute approximate surface area is 650 Å². The fourth-order valence-electron chi connectivity index (χ4n) is 13.7. The van der Waals surface area contributed by atoms with E-state index in [0.29, 0.717) is 50.4 Å². The molecule has 604 valence electrons. The Morgan fingerprint density at radius 2 is 0.842 bits per heavy atom. The molecule has 13 rings (SSSR count). The number of hydrogen-bond acceptors (Lipinski definition) is 15. The van der Waals surface area contributed by atoms with Gasteiger partial charge in [-0.15, -0.1) is 0 Å². The van der Waals surface area contributed by atoms with Crippen molar-refractivity contribution in [3.63, 3.8) is 0 Å². The number of nitrogens with zero attached hydrogens (tertiary/aromatic N) is 15. The number of imidazole rings is 3. The molecule has 2 N–H and O–H groups in total. The van der Waals surface area contributed by atoms with Crippen molar-refractivity contribution in [1.82, 2.24) is 73.2 Å². The number of ether oxygens (including phenoxy) is 1. The number of alkyl halides is 6. The maximum atomic E-state index is 13.9. The van der Waals surface area contributed by atoms with Crippen LogP contribution >= 0.6 is 0 Å². The molecule has 114 heavy (non-hydrogen) atoms. The maximum absolute atomic E-state index is 13.9. The summed E-state index contributed by atoms with van der Waals surface area (Å²) in [6, 6.07) is 27.5. The summed E-state index contributed by atoms with van der Waals surface area (Å²) in [5.74, 6) is -3.41. The number of carbonyl (C=O) groups excluding carboxylic acids is 6. The van der Waals surface area contributed by atoms with Crippen molar-refractivity contribution in [1.29, 1.82) is 0 Å². The Morgan fingerprint density at radius 3 is 1.22 bits per heavy atom. The van der Waals surface area contributed by atoms with Crippen molar-refractivity contribution in [3.8, 4) is 33.8 Å². The highest BCUT2D eigenvalue weighted by molar-refractivity contribution is 5.95. The molecule has 3 unspecified atom stereocenters. The van der Waals surface area contributed by atoms with Crippen LogP contribution in [0.4, 0.5) is 44.3 Å². The third-order valence-corrected chi connectivity index (χ3v) is 19.4. The molecule has 6 amide bonds. The molecule has 9 heterocycles. The smallest absolute Gasteiger partial charge is 0.420 e. The molecule has 33 heteroatoms. The highest BCUT2D eigenvalue weighted by Gasteiger charge is 2.41. The normalized spacial score (nSPS) is 17.1. The van der Waals surface area contributed by atoms with E-state index >= 15 is 0 Å². The zero-order valence-corrected chi connectivity index (χ0v) is 64.6. The molecule has 4 aromatic carbocycles. The number of rotatable bonds is 12. The van der Waals surface area contributed by atoms with E-state index in [1.165, 1.54) is 51.1 Å². The molecule has 3 aliphatic heterocycles. The van der Waals surface area contributed by atoms with Gasteiger partial charge < -0.3 is 44.3 Å². The SMILES string of the molecule is CC(C)c1cc(-c2ccc(F)cc2)nn2cc(C(=O)N3CCN(C(=O)C(O)CC(C)(C)C)[C@@H](C)C3)nc12.CC1CN(C(=O)c2cn3nc(-c4ccc(F)cc4)cc(C(F)(F)F)c3n2)CCCN1C(=O)OC(C)(C)C.C[C@H]1CN(C(=O)c2cn3nc(-c4ccc(F)cc4)cc(C(F)(F)F)c3n2)CCN1C(=O)C(O)Cc1ccccc1. The van der Waals surface area contributed by atoms with Gasteiger partial charge in [-0.05, 0) is 162 Å². The van der Waals surface area contributed by atoms with Gasteiger partial charge in [0, 0.05) is 106 Å². The number of amides is 6. The molecule has 3 fully saturated rings. The second-order valence-electron chi connectivity index (χ2n) is 31.1. The zero-order chi connectivity index (χ0) is 82.8. The van der Waals surface area contributed by atoms with Crippen molar-refractivity contribution < 1.29 is 83.2 Å². The molecule has 0 spiro atoms. The molecule has 0 bridgehead atoms. The molecule has 10 aromatic rings. The highest BCUT2D eigenvalue weighted by atomic mass is 19.4. The quantitative estimate of drug-likeness (QED) is 0.108. The number of fused-ring (bicyclic) bond motifs is 3. The molecule has 0 saturated carbocycles. The van der Waals surface area contributed by atoms with Gasteiger partial charge in [-0.2, -0.15) is 41.6 Å². The molecule has 3 saturated heterocycles. The number of piperazine rings is 2. The third-order valence-electron chi connectivity index (χ3n) is 19.4. The van der Waals surface area contributed by atoms with E-state index in [0.717, 1.165) is 74.5 Å². The van der Waals surface area contributed by atoms with E-state index in [2.05, 4.69) is 30.2 Å². The molecule has 24 nitrogen and oxygen atoms in total. The number of halogens is 9. The van der Waals surface area contributed by atoms with E-state index < -0.39 is 94.1 Å². The van der Waals surface area contributed by atoms with Crippen molar-refractivity contribution in [2.24, 2.45) is 5.41 Å². The fourth-order valence-corrected chi connectivity index (χ4v) is 13.7. The molecular weight excluding hydrogens is 1500 g/mol. The van der Waals surface area contributed by atoms with Gasteiger partial charge in [-0.25, -0.2) is 46.5 Å². The topological polar surface area (TPSA) is 262 Å². The van der Waals surface area contributed by atoms with Crippen LogP contribution < -0.4 is 0 Å². The van der Waals surface area contributed by atoms with Gasteiger partial charge in [0.2, 0.25) is 0 Å². The van der Waals surface area contributed by atoms with Crippen LogP contribution in [0, 0.1) is 22.9 Å². The van der Waals surface area contributed by atoms with Gasteiger partial charge in [0.05, 0.1) is 35.7 Å². The Balaban J connectivity index is 0.000000169. The van der Waals surface area contributed by atoms with Crippen LogP contribution in [-0.4, -0.2) is 214 Å². The van der Waals surface area contributed by atoms with Crippen LogP contribution in [0.25, 0.3) is 50.7 Å². The highest BCUT2D eigenvalue weighted by Crippen LogP contribution is 2.38. The van der Waals surface area contributed by atoms with Gasteiger partial charge >= 0.3 is 18.4 Å². The number of aliphatic hydroxyl groups excluding tert-OH is 2. The molecule has 5 atom stereocenters. The predicted molar refractivity (Wildman–Crippen MR) is 403 cm³/mol. The average molecular weight is 1590 g/mol. The van der Waals surface area contributed by atoms with Crippen molar-refractivity contribution >= 4 is 52.6 Å². The number of hydrogen-bond donors (Lipinski definition) is 2. The lowest BCUT2D eigenvalue weighted by molar-refractivity contribution is -0.146. The Hall–Kier alpha value is -11.4. The second kappa shape index (κ2) is 33.8. The minimum Gasteiger partial charge on any atom is -0.444 e. The molecule has 0 aliphatic carbocycles. The summed E-state index contributed by atoms with van der Waals surface area (Å²) in [5.41, 5.74) is 0.0273. The van der Waals surface area contributed by atoms with Gasteiger partial charge in [0.15, 0.2) is 16.9 Å². The maximum Gasteiger partial charge on any atom is 0.420 e. The average Bonchev–Trinajstić information content (AvgIpc) is 1.52. The van der Waals surface area contributed by atoms with Crippen molar-refractivity contribution in [2.75, 3.05) is 58.9 Å². The van der Waals surface area contributed by atoms with Gasteiger partial charge in [0.1, 0.15) is 63.5 Å². The summed E-state index contributed by atoms with van der Waals surface area (Å²) in [4.78, 5) is 100. The number of aliphatic hydroxyl groups is 2. The van der Waals surface area contributed by atoms with Crippen LogP contribution in [0.5, 0.6) is 0 Å². The van der Waals surface area contributed by atoms with E-state index in [-0.39, 0.29) is 120 Å². The first-order valence-corrected chi connectivity index (χ1v) is 37.1. The Kier molecular flexibility index (Phi) is 24.8. The molecular formula is C81H88F9N15O9. The van der Waals surface area contributed by atoms with E-state index in [4.69, 9.17) is 4.74 Å². The molecule has 3 aliphatic rings. The lowest BCUT2D eigenvalue weighted by atomic mass is 9.88. The second-order valence-corrected chi connectivity index (χ2v) is 31.1. The molecule has 6 aromatic heterocycles. The van der Waals surface area contributed by atoms with E-state index in [9.17, 15) is 78.5 Å². The first-order chi connectivity index (χ1) is 53.6. The van der Waals surface area contributed by atoms with Crippen LogP contribution in [0.3, 0.4) is 0 Å². The van der Waals surface area contributed by atoms with Gasteiger partial charge in [-0.3, -0.25) is 24.0 Å².